The van der Waals surface area contributed by atoms with E-state index in [1.165, 1.54) is 64.9 Å². The van der Waals surface area contributed by atoms with Gasteiger partial charge in [0.05, 0.1) is 50.7 Å². The third-order valence-corrected chi connectivity index (χ3v) is 17.8. The lowest BCUT2D eigenvalue weighted by atomic mass is 9.97. The van der Waals surface area contributed by atoms with E-state index in [-0.39, 0.29) is 34.9 Å². The van der Waals surface area contributed by atoms with E-state index in [1.807, 2.05) is 95.0 Å². The van der Waals surface area contributed by atoms with Crippen LogP contribution in [0.25, 0.3) is 137 Å². The summed E-state index contributed by atoms with van der Waals surface area (Å²) in [6.45, 7) is 16.5. The summed E-state index contributed by atoms with van der Waals surface area (Å²) >= 11 is 0. The number of aliphatic imine (C=N–C) groups is 2. The Hall–Kier alpha value is -13.2. The van der Waals surface area contributed by atoms with Crippen molar-refractivity contribution in [2.75, 3.05) is 0 Å². The van der Waals surface area contributed by atoms with Crippen molar-refractivity contribution < 1.29 is 17.6 Å². The molecule has 0 spiro atoms. The van der Waals surface area contributed by atoms with Crippen LogP contribution in [0.15, 0.2) is 307 Å². The molecule has 0 N–H and O–H groups in total. The monoisotopic (exact) mass is 1260 g/mol. The zero-order chi connectivity index (χ0) is 65.8. The van der Waals surface area contributed by atoms with E-state index in [0.717, 1.165) is 106 Å². The summed E-state index contributed by atoms with van der Waals surface area (Å²) in [7, 11) is 0. The first-order valence-electron chi connectivity index (χ1n) is 31.3. The van der Waals surface area contributed by atoms with E-state index < -0.39 is 0 Å². The molecule has 17 aromatic rings. The van der Waals surface area contributed by atoms with Crippen LogP contribution in [0.2, 0.25) is 0 Å². The van der Waals surface area contributed by atoms with Crippen molar-refractivity contribution in [1.82, 2.24) is 27.5 Å². The maximum Gasteiger partial charge on any atom is 0.293 e. The molecule has 0 aliphatic carbocycles. The summed E-state index contributed by atoms with van der Waals surface area (Å²) in [6, 6.07) is 82.5. The minimum atomic E-state index is -0.340. The summed E-state index contributed by atoms with van der Waals surface area (Å²) in [4.78, 5) is 20.2. The van der Waals surface area contributed by atoms with E-state index in [4.69, 9.17) is 13.1 Å². The lowest BCUT2D eigenvalue weighted by Gasteiger charge is -2.10. The van der Waals surface area contributed by atoms with Crippen LogP contribution < -0.4 is 0 Å². The van der Waals surface area contributed by atoms with Crippen LogP contribution in [0.1, 0.15) is 18.9 Å². The number of benzene rings is 10. The van der Waals surface area contributed by atoms with Gasteiger partial charge in [0, 0.05) is 96.4 Å². The predicted octanol–water partition coefficient (Wildman–Crippen LogP) is 21.4. The molecule has 14 heteroatoms. The minimum Gasteiger partial charge on any atom is -0.370 e. The highest BCUT2D eigenvalue weighted by Gasteiger charge is 2.22. The molecule has 10 aromatic carbocycles. The Kier molecular flexibility index (Phi) is 14.8. The zero-order valence-corrected chi connectivity index (χ0v) is 51.8. The number of fused-ring (bicyclic) bond motifs is 11. The van der Waals surface area contributed by atoms with E-state index in [9.17, 15) is 17.6 Å². The maximum absolute atomic E-state index is 14.1. The van der Waals surface area contributed by atoms with Gasteiger partial charge < -0.3 is 32.2 Å². The molecular formula is C83H52F4N10. The molecule has 1 aliphatic rings. The number of aromatic nitrogens is 6. The molecule has 97 heavy (non-hydrogen) atoms. The van der Waals surface area contributed by atoms with Crippen molar-refractivity contribution in [1.29, 1.82) is 0 Å². The van der Waals surface area contributed by atoms with Crippen LogP contribution in [0.3, 0.4) is 0 Å². The molecule has 0 atom stereocenters. The summed E-state index contributed by atoms with van der Waals surface area (Å²) in [5.41, 5.74) is 19.5. The molecule has 0 fully saturated rings. The third-order valence-electron chi connectivity index (χ3n) is 17.8. The Balaban J connectivity index is 0.000000115. The van der Waals surface area contributed by atoms with Crippen molar-refractivity contribution in [3.05, 3.63) is 349 Å². The SMILES string of the molecule is Fc1ccc2c(c1)c1cc(F)ccc1n2-c1ccc(-c2cn3ccccc3c2-c2ccccc2)cc1.Fc1ccc2c(c1)c1cc(F)ccc1n2-c1ccc(-c2cn3ccccc3n2)cc1.[C-]#[N+]C1=C([N+]#[C-])N=C(c2ccc(-n3c4ccccc4c4ccccc43)cc2)CC(C)=N1. The fraction of sp³-hybridized carbons (Fsp3) is 0.0241. The van der Waals surface area contributed by atoms with Crippen LogP contribution in [0.5, 0.6) is 0 Å². The predicted molar refractivity (Wildman–Crippen MR) is 383 cm³/mol. The van der Waals surface area contributed by atoms with E-state index in [2.05, 4.69) is 172 Å². The van der Waals surface area contributed by atoms with Gasteiger partial charge in [0.25, 0.3) is 11.6 Å². The average molecular weight is 1270 g/mol. The van der Waals surface area contributed by atoms with E-state index in [0.29, 0.717) is 28.0 Å². The van der Waals surface area contributed by atoms with Crippen molar-refractivity contribution >= 4 is 88.0 Å². The number of halogens is 4. The topological polar surface area (TPSA) is 69.9 Å². The first-order valence-corrected chi connectivity index (χ1v) is 31.3. The summed E-state index contributed by atoms with van der Waals surface area (Å²) in [6.07, 6.45) is 8.70. The highest BCUT2D eigenvalue weighted by Crippen LogP contribution is 2.40. The Morgan fingerprint density at radius 3 is 1.27 bits per heavy atom. The molecule has 0 bridgehead atoms. The van der Waals surface area contributed by atoms with Crippen LogP contribution in [-0.4, -0.2) is 38.9 Å². The summed E-state index contributed by atoms with van der Waals surface area (Å²) < 4.78 is 66.4. The van der Waals surface area contributed by atoms with Gasteiger partial charge in [0.2, 0.25) is 0 Å². The largest absolute Gasteiger partial charge is 0.370 e. The first kappa shape index (κ1) is 58.9. The molecule has 0 unspecified atom stereocenters. The fourth-order valence-corrected chi connectivity index (χ4v) is 13.4. The second kappa shape index (κ2) is 24.4. The molecule has 18 rings (SSSR count). The first-order chi connectivity index (χ1) is 47.5. The molecular weight excluding hydrogens is 1210 g/mol. The van der Waals surface area contributed by atoms with Crippen LogP contribution in [-0.2, 0) is 0 Å². The number of hydrogen-bond acceptors (Lipinski definition) is 3. The zero-order valence-electron chi connectivity index (χ0n) is 51.8. The van der Waals surface area contributed by atoms with Crippen molar-refractivity contribution in [2.45, 2.75) is 13.3 Å². The van der Waals surface area contributed by atoms with Gasteiger partial charge in [-0.3, -0.25) is 0 Å². The van der Waals surface area contributed by atoms with Gasteiger partial charge in [0.1, 0.15) is 40.3 Å². The smallest absolute Gasteiger partial charge is 0.293 e. The maximum atomic E-state index is 14.1. The van der Waals surface area contributed by atoms with Crippen LogP contribution in [0.4, 0.5) is 17.6 Å². The van der Waals surface area contributed by atoms with Gasteiger partial charge in [0.15, 0.2) is 0 Å². The molecule has 1 aliphatic heterocycles. The van der Waals surface area contributed by atoms with Gasteiger partial charge in [-0.2, -0.15) is 0 Å². The van der Waals surface area contributed by atoms with E-state index >= 15 is 0 Å². The normalized spacial score (nSPS) is 12.4. The lowest BCUT2D eigenvalue weighted by molar-refractivity contribution is 0.628. The highest BCUT2D eigenvalue weighted by molar-refractivity contribution is 6.14. The van der Waals surface area contributed by atoms with Crippen LogP contribution in [0, 0.1) is 36.4 Å². The second-order valence-electron chi connectivity index (χ2n) is 23.6. The Bertz CT molecular complexity index is 5970. The molecule has 7 aromatic heterocycles. The van der Waals surface area contributed by atoms with Crippen molar-refractivity contribution in [2.24, 2.45) is 9.98 Å². The lowest BCUT2D eigenvalue weighted by Crippen LogP contribution is -2.06. The standard InChI is InChI=1S/C32H20F2N2.C26H17N5.C25H15F2N3/c33-23-11-15-29-26(18-23)27-19-24(34)12-16-30(27)36(29)25-13-9-21(10-14-25)28-20-35-17-5-4-8-31(35)32(28)22-6-2-1-3-7-22;1-17-16-22(30-26(28-3)25(27-2)29-17)18-12-14-19(15-13-18)31-23-10-6-4-8-20(23)21-9-5-7-11-24(21)31;26-17-6-10-23-20(13-17)21-14-18(27)7-11-24(21)30(23)19-8-4-16(5-9-19)22-15-29-12-2-1-3-25(29)28-22/h1-20H;4-15H,16H2,1H3;1-15H. The molecule has 10 nitrogen and oxygen atoms in total. The molecule has 462 valence electrons. The number of hydrogen-bond donors (Lipinski definition) is 0. The molecule has 0 saturated heterocycles. The van der Waals surface area contributed by atoms with Gasteiger partial charge in [-0.05, 0) is 176 Å². The van der Waals surface area contributed by atoms with Gasteiger partial charge in [-0.15, -0.1) is 9.98 Å². The van der Waals surface area contributed by atoms with E-state index in [1.54, 1.807) is 24.3 Å². The number of nitrogens with zero attached hydrogens (tertiary/aromatic N) is 10. The molecule has 0 amide bonds. The van der Waals surface area contributed by atoms with Gasteiger partial charge in [-0.25, -0.2) is 22.5 Å². The number of rotatable bonds is 7. The molecule has 8 heterocycles. The highest BCUT2D eigenvalue weighted by atomic mass is 19.1. The Morgan fingerprint density at radius 1 is 0.361 bits per heavy atom. The molecule has 0 radical (unpaired) electrons. The average Bonchev–Trinajstić information content (AvgIpc) is 1.61. The van der Waals surface area contributed by atoms with Gasteiger partial charge >= 0.3 is 0 Å². The fourth-order valence-electron chi connectivity index (χ4n) is 13.4. The summed E-state index contributed by atoms with van der Waals surface area (Å²) in [5.74, 6) is -1.25. The van der Waals surface area contributed by atoms with Crippen molar-refractivity contribution in [3.63, 3.8) is 0 Å². The van der Waals surface area contributed by atoms with Gasteiger partial charge in [-0.1, -0.05) is 116 Å². The minimum absolute atomic E-state index is 0.0494. The van der Waals surface area contributed by atoms with Crippen LogP contribution >= 0.6 is 0 Å². The summed E-state index contributed by atoms with van der Waals surface area (Å²) in [5, 5.41) is 5.21. The number of para-hydroxylation sites is 2. The van der Waals surface area contributed by atoms with Crippen molar-refractivity contribution in [3.8, 4) is 50.6 Å². The Morgan fingerprint density at radius 2 is 0.773 bits per heavy atom. The molecule has 0 saturated carbocycles. The number of imidazole rings is 1. The third kappa shape index (κ3) is 10.7. The quantitative estimate of drug-likeness (QED) is 0.116. The Labute approximate surface area is 553 Å². The number of pyridine rings is 2. The second-order valence-corrected chi connectivity index (χ2v) is 23.6.